The van der Waals surface area contributed by atoms with Crippen molar-refractivity contribution < 1.29 is 14.3 Å². The predicted molar refractivity (Wildman–Crippen MR) is 97.9 cm³/mol. The second-order valence-corrected chi connectivity index (χ2v) is 6.46. The lowest BCUT2D eigenvalue weighted by atomic mass is 10.1. The first-order chi connectivity index (χ1) is 12.2. The maximum atomic E-state index is 12.4. The number of morpholine rings is 1. The molecule has 5 heteroatoms. The van der Waals surface area contributed by atoms with Gasteiger partial charge in [0.1, 0.15) is 11.9 Å². The Balaban J connectivity index is 1.45. The first-order valence-electron chi connectivity index (χ1n) is 8.55. The van der Waals surface area contributed by atoms with Gasteiger partial charge in [-0.2, -0.15) is 0 Å². The fourth-order valence-electron chi connectivity index (χ4n) is 2.87. The molecule has 0 N–H and O–H groups in total. The molecular weight excluding hydrogens is 338 g/mol. The Morgan fingerprint density at radius 2 is 2.04 bits per heavy atom. The zero-order chi connectivity index (χ0) is 17.5. The van der Waals surface area contributed by atoms with Crippen LogP contribution in [0.25, 0.3) is 0 Å². The molecule has 25 heavy (non-hydrogen) atoms. The minimum absolute atomic E-state index is 0.114. The molecule has 132 valence electrons. The van der Waals surface area contributed by atoms with Crippen molar-refractivity contribution >= 4 is 17.5 Å². The van der Waals surface area contributed by atoms with Gasteiger partial charge in [0, 0.05) is 18.0 Å². The van der Waals surface area contributed by atoms with E-state index < -0.39 is 0 Å². The molecule has 4 nitrogen and oxygen atoms in total. The molecule has 0 bridgehead atoms. The van der Waals surface area contributed by atoms with E-state index in [4.69, 9.17) is 21.1 Å². The number of benzene rings is 2. The van der Waals surface area contributed by atoms with E-state index in [-0.39, 0.29) is 12.0 Å². The Kier molecular flexibility index (Phi) is 6.31. The number of carbonyl (C=O) groups excluding carboxylic acids is 1. The van der Waals surface area contributed by atoms with Gasteiger partial charge < -0.3 is 14.4 Å². The van der Waals surface area contributed by atoms with Crippen LogP contribution in [0.4, 0.5) is 0 Å². The first kappa shape index (κ1) is 17.8. The molecule has 1 saturated heterocycles. The molecule has 1 heterocycles. The third-order valence-electron chi connectivity index (χ3n) is 4.19. The maximum Gasteiger partial charge on any atom is 0.222 e. The Morgan fingerprint density at radius 1 is 1.20 bits per heavy atom. The highest BCUT2D eigenvalue weighted by atomic mass is 35.5. The molecule has 3 rings (SSSR count). The number of carbonyl (C=O) groups is 1. The second-order valence-electron chi connectivity index (χ2n) is 6.02. The summed E-state index contributed by atoms with van der Waals surface area (Å²) in [7, 11) is 0. The SMILES string of the molecule is O=C(CCCOc1ccccc1)N1CCOC(c2cccc(Cl)c2)C1. The maximum absolute atomic E-state index is 12.4. The molecule has 1 unspecified atom stereocenters. The lowest BCUT2D eigenvalue weighted by Gasteiger charge is -2.33. The van der Waals surface area contributed by atoms with Crippen molar-refractivity contribution in [1.82, 2.24) is 4.90 Å². The summed E-state index contributed by atoms with van der Waals surface area (Å²) < 4.78 is 11.4. The summed E-state index contributed by atoms with van der Waals surface area (Å²) >= 11 is 6.05. The smallest absolute Gasteiger partial charge is 0.222 e. The van der Waals surface area contributed by atoms with Crippen molar-refractivity contribution in [2.75, 3.05) is 26.3 Å². The molecule has 0 spiro atoms. The zero-order valence-electron chi connectivity index (χ0n) is 14.1. The molecule has 0 aliphatic carbocycles. The fourth-order valence-corrected chi connectivity index (χ4v) is 3.07. The van der Waals surface area contributed by atoms with Crippen LogP contribution in [0.1, 0.15) is 24.5 Å². The van der Waals surface area contributed by atoms with Gasteiger partial charge in [-0.15, -0.1) is 0 Å². The topological polar surface area (TPSA) is 38.8 Å². The van der Waals surface area contributed by atoms with Crippen LogP contribution < -0.4 is 4.74 Å². The standard InChI is InChI=1S/C20H22ClNO3/c21-17-7-4-6-16(14-17)19-15-22(11-13-25-19)20(23)10-5-12-24-18-8-2-1-3-9-18/h1-4,6-9,14,19H,5,10-13,15H2. The van der Waals surface area contributed by atoms with Gasteiger partial charge in [0.25, 0.3) is 0 Å². The van der Waals surface area contributed by atoms with Crippen LogP contribution in [0.3, 0.4) is 0 Å². The Labute approximate surface area is 153 Å². The monoisotopic (exact) mass is 359 g/mol. The third kappa shape index (κ3) is 5.21. The predicted octanol–water partition coefficient (Wildman–Crippen LogP) is 4.10. The van der Waals surface area contributed by atoms with Crippen LogP contribution in [0.2, 0.25) is 5.02 Å². The Bertz CT molecular complexity index is 692. The van der Waals surface area contributed by atoms with Gasteiger partial charge in [0.2, 0.25) is 5.91 Å². The van der Waals surface area contributed by atoms with Crippen LogP contribution in [0, 0.1) is 0 Å². The quantitative estimate of drug-likeness (QED) is 0.729. The number of ether oxygens (including phenoxy) is 2. The van der Waals surface area contributed by atoms with Gasteiger partial charge in [-0.1, -0.05) is 41.9 Å². The van der Waals surface area contributed by atoms with E-state index in [2.05, 4.69) is 0 Å². The normalized spacial score (nSPS) is 17.3. The minimum atomic E-state index is -0.114. The number of para-hydroxylation sites is 1. The van der Waals surface area contributed by atoms with E-state index in [9.17, 15) is 4.79 Å². The molecule has 0 saturated carbocycles. The molecular formula is C20H22ClNO3. The van der Waals surface area contributed by atoms with Crippen LogP contribution in [0.15, 0.2) is 54.6 Å². The number of nitrogens with zero attached hydrogens (tertiary/aromatic N) is 1. The summed E-state index contributed by atoms with van der Waals surface area (Å²) in [4.78, 5) is 14.3. The van der Waals surface area contributed by atoms with Gasteiger partial charge in [-0.3, -0.25) is 4.79 Å². The van der Waals surface area contributed by atoms with Crippen molar-refractivity contribution in [3.8, 4) is 5.75 Å². The van der Waals surface area contributed by atoms with Crippen molar-refractivity contribution in [2.45, 2.75) is 18.9 Å². The number of hydrogen-bond donors (Lipinski definition) is 0. The van der Waals surface area contributed by atoms with Crippen LogP contribution in [-0.4, -0.2) is 37.1 Å². The summed E-state index contributed by atoms with van der Waals surface area (Å²) in [6, 6.07) is 17.3. The number of halogens is 1. The molecule has 1 aliphatic heterocycles. The third-order valence-corrected chi connectivity index (χ3v) is 4.42. The highest BCUT2D eigenvalue weighted by Crippen LogP contribution is 2.25. The largest absolute Gasteiger partial charge is 0.494 e. The highest BCUT2D eigenvalue weighted by Gasteiger charge is 2.25. The summed E-state index contributed by atoms with van der Waals surface area (Å²) in [5, 5.41) is 0.683. The second kappa shape index (κ2) is 8.88. The molecule has 1 atom stereocenters. The molecule has 0 aromatic heterocycles. The highest BCUT2D eigenvalue weighted by molar-refractivity contribution is 6.30. The Morgan fingerprint density at radius 3 is 2.84 bits per heavy atom. The van der Waals surface area contributed by atoms with E-state index in [1.54, 1.807) is 0 Å². The molecule has 1 fully saturated rings. The van der Waals surface area contributed by atoms with Crippen molar-refractivity contribution in [2.24, 2.45) is 0 Å². The van der Waals surface area contributed by atoms with Gasteiger partial charge >= 0.3 is 0 Å². The van der Waals surface area contributed by atoms with Gasteiger partial charge in [-0.25, -0.2) is 0 Å². The number of rotatable bonds is 6. The average molecular weight is 360 g/mol. The van der Waals surface area contributed by atoms with Gasteiger partial charge in [-0.05, 0) is 36.2 Å². The minimum Gasteiger partial charge on any atom is -0.494 e. The van der Waals surface area contributed by atoms with Crippen molar-refractivity contribution in [3.05, 3.63) is 65.2 Å². The summed E-state index contributed by atoms with van der Waals surface area (Å²) in [5.74, 6) is 0.981. The molecule has 2 aromatic rings. The summed E-state index contributed by atoms with van der Waals surface area (Å²) in [5.41, 5.74) is 1.01. The van der Waals surface area contributed by atoms with E-state index in [0.717, 1.165) is 11.3 Å². The molecule has 2 aromatic carbocycles. The van der Waals surface area contributed by atoms with E-state index in [1.807, 2.05) is 59.5 Å². The van der Waals surface area contributed by atoms with Gasteiger partial charge in [0.15, 0.2) is 0 Å². The number of hydrogen-bond acceptors (Lipinski definition) is 3. The van der Waals surface area contributed by atoms with E-state index in [1.165, 1.54) is 0 Å². The lowest BCUT2D eigenvalue weighted by Crippen LogP contribution is -2.42. The van der Waals surface area contributed by atoms with Gasteiger partial charge in [0.05, 0.1) is 19.8 Å². The summed E-state index contributed by atoms with van der Waals surface area (Å²) in [6.07, 6.45) is 1.07. The average Bonchev–Trinajstić information content (AvgIpc) is 2.66. The lowest BCUT2D eigenvalue weighted by molar-refractivity contribution is -0.139. The molecule has 1 aliphatic rings. The zero-order valence-corrected chi connectivity index (χ0v) is 14.8. The van der Waals surface area contributed by atoms with E-state index >= 15 is 0 Å². The van der Waals surface area contributed by atoms with Crippen LogP contribution >= 0.6 is 11.6 Å². The van der Waals surface area contributed by atoms with Crippen LogP contribution in [0.5, 0.6) is 5.75 Å². The van der Waals surface area contributed by atoms with E-state index in [0.29, 0.717) is 44.2 Å². The van der Waals surface area contributed by atoms with Crippen molar-refractivity contribution in [1.29, 1.82) is 0 Å². The molecule has 1 amide bonds. The first-order valence-corrected chi connectivity index (χ1v) is 8.93. The summed E-state index contributed by atoms with van der Waals surface area (Å²) in [6.45, 7) is 2.29. The number of amides is 1. The Hall–Kier alpha value is -2.04. The fraction of sp³-hybridized carbons (Fsp3) is 0.350. The molecule has 0 radical (unpaired) electrons. The van der Waals surface area contributed by atoms with Crippen molar-refractivity contribution in [3.63, 3.8) is 0 Å². The van der Waals surface area contributed by atoms with Crippen LogP contribution in [-0.2, 0) is 9.53 Å².